The lowest BCUT2D eigenvalue weighted by molar-refractivity contribution is -0.109. The van der Waals surface area contributed by atoms with E-state index in [1.807, 2.05) is 18.7 Å². The highest BCUT2D eigenvalue weighted by Crippen LogP contribution is 2.32. The van der Waals surface area contributed by atoms with Crippen LogP contribution in [0.25, 0.3) is 0 Å². The Morgan fingerprint density at radius 3 is 2.78 bits per heavy atom. The van der Waals surface area contributed by atoms with E-state index in [0.717, 1.165) is 6.42 Å². The molecule has 2 rings (SSSR count). The molecule has 1 atom stereocenters. The molecule has 1 fully saturated rings. The smallest absolute Gasteiger partial charge is 0.227 e. The average Bonchev–Trinajstić information content (AvgIpc) is 2.55. The summed E-state index contributed by atoms with van der Waals surface area (Å²) in [5.41, 5.74) is 3.87. The minimum Gasteiger partial charge on any atom is -0.378 e. The molecule has 1 saturated heterocycles. The highest BCUT2D eigenvalue weighted by molar-refractivity contribution is 6.33. The molecule has 1 heterocycles. The molecule has 23 heavy (non-hydrogen) atoms. The molecule has 0 spiro atoms. The van der Waals surface area contributed by atoms with Crippen LogP contribution in [0.2, 0.25) is 5.02 Å². The van der Waals surface area contributed by atoms with Crippen LogP contribution in [0.4, 0.5) is 10.1 Å². The number of morpholine rings is 1. The van der Waals surface area contributed by atoms with Crippen LogP contribution in [-0.4, -0.2) is 38.4 Å². The largest absolute Gasteiger partial charge is 0.378 e. The highest BCUT2D eigenvalue weighted by Gasteiger charge is 2.21. The maximum Gasteiger partial charge on any atom is 0.227 e. The van der Waals surface area contributed by atoms with Crippen LogP contribution in [0.5, 0.6) is 0 Å². The predicted molar refractivity (Wildman–Crippen MR) is 89.6 cm³/mol. The Balaban J connectivity index is 2.38. The Hall–Kier alpha value is -1.66. The van der Waals surface area contributed by atoms with Crippen molar-refractivity contribution in [1.29, 1.82) is 0 Å². The van der Waals surface area contributed by atoms with E-state index in [4.69, 9.17) is 16.3 Å². The van der Waals surface area contributed by atoms with Gasteiger partial charge in [0.05, 0.1) is 29.6 Å². The lowest BCUT2D eigenvalue weighted by atomic mass is 9.95. The Morgan fingerprint density at radius 2 is 2.22 bits per heavy atom. The van der Waals surface area contributed by atoms with Crippen molar-refractivity contribution in [1.82, 2.24) is 5.43 Å². The molecule has 0 aromatic heterocycles. The van der Waals surface area contributed by atoms with Gasteiger partial charge in [-0.2, -0.15) is 5.10 Å². The zero-order valence-electron chi connectivity index (χ0n) is 13.3. The van der Waals surface area contributed by atoms with Gasteiger partial charge in [-0.1, -0.05) is 25.4 Å². The highest BCUT2D eigenvalue weighted by atomic mass is 35.5. The molecule has 0 bridgehead atoms. The first-order valence-electron chi connectivity index (χ1n) is 7.67. The maximum absolute atomic E-state index is 14.6. The number of hydrogen-bond donors (Lipinski definition) is 1. The average molecular weight is 342 g/mol. The number of nitrogens with zero attached hydrogens (tertiary/aromatic N) is 2. The summed E-state index contributed by atoms with van der Waals surface area (Å²) in [6.45, 7) is 6.29. The van der Waals surface area contributed by atoms with Crippen molar-refractivity contribution in [3.63, 3.8) is 0 Å². The topological polar surface area (TPSA) is 53.9 Å². The molecule has 1 aliphatic heterocycles. The van der Waals surface area contributed by atoms with Gasteiger partial charge >= 0.3 is 0 Å². The van der Waals surface area contributed by atoms with Crippen LogP contribution in [0.15, 0.2) is 17.2 Å². The number of hydrogen-bond acceptors (Lipinski definition) is 4. The fourth-order valence-electron chi connectivity index (χ4n) is 2.55. The molecule has 1 aromatic rings. The molecule has 1 amide bonds. The number of carbonyl (C=O) groups excluding carboxylic acids is 1. The quantitative estimate of drug-likeness (QED) is 0.492. The lowest BCUT2D eigenvalue weighted by Gasteiger charge is -2.30. The Morgan fingerprint density at radius 1 is 1.52 bits per heavy atom. The van der Waals surface area contributed by atoms with Crippen LogP contribution in [0, 0.1) is 11.7 Å². The van der Waals surface area contributed by atoms with Crippen LogP contribution in [0.1, 0.15) is 25.8 Å². The molecular formula is C16H21ClFN3O2. The molecule has 7 heteroatoms. The molecule has 1 aromatic carbocycles. The second-order valence-electron chi connectivity index (χ2n) is 5.44. The minimum absolute atomic E-state index is 0.0622. The van der Waals surface area contributed by atoms with Crippen molar-refractivity contribution in [2.45, 2.75) is 20.3 Å². The van der Waals surface area contributed by atoms with Crippen LogP contribution in [0.3, 0.4) is 0 Å². The Labute approximate surface area is 140 Å². The first-order valence-corrected chi connectivity index (χ1v) is 8.05. The molecule has 0 saturated carbocycles. The van der Waals surface area contributed by atoms with Crippen molar-refractivity contribution in [3.05, 3.63) is 28.5 Å². The Kier molecular flexibility index (Phi) is 6.36. The molecule has 0 aliphatic carbocycles. The third kappa shape index (κ3) is 4.20. The molecular weight excluding hydrogens is 321 g/mol. The van der Waals surface area contributed by atoms with Gasteiger partial charge in [0.1, 0.15) is 5.82 Å². The third-order valence-electron chi connectivity index (χ3n) is 3.96. The first kappa shape index (κ1) is 17.7. The molecule has 126 valence electrons. The molecule has 5 nitrogen and oxygen atoms in total. The van der Waals surface area contributed by atoms with E-state index >= 15 is 0 Å². The van der Waals surface area contributed by atoms with Gasteiger partial charge in [-0.05, 0) is 18.6 Å². The number of benzene rings is 1. The second kappa shape index (κ2) is 8.26. The predicted octanol–water partition coefficient (Wildman–Crippen LogP) is 2.81. The van der Waals surface area contributed by atoms with Crippen LogP contribution < -0.4 is 10.3 Å². The monoisotopic (exact) mass is 341 g/mol. The van der Waals surface area contributed by atoms with Crippen molar-refractivity contribution in [2.75, 3.05) is 31.2 Å². The van der Waals surface area contributed by atoms with Gasteiger partial charge in [-0.25, -0.2) is 9.82 Å². The molecule has 0 radical (unpaired) electrons. The van der Waals surface area contributed by atoms with Crippen LogP contribution in [-0.2, 0) is 9.53 Å². The number of carbonyl (C=O) groups is 1. The summed E-state index contributed by atoms with van der Waals surface area (Å²) in [5.74, 6) is -0.330. The number of halogens is 2. The number of rotatable bonds is 6. The van der Waals surface area contributed by atoms with E-state index in [-0.39, 0.29) is 5.92 Å². The van der Waals surface area contributed by atoms with Crippen molar-refractivity contribution in [3.8, 4) is 0 Å². The first-order chi connectivity index (χ1) is 11.1. The van der Waals surface area contributed by atoms with Gasteiger partial charge in [-0.3, -0.25) is 4.79 Å². The molecule has 0 unspecified atom stereocenters. The summed E-state index contributed by atoms with van der Waals surface area (Å²) in [4.78, 5) is 12.4. The van der Waals surface area contributed by atoms with E-state index in [0.29, 0.717) is 54.7 Å². The van der Waals surface area contributed by atoms with Gasteiger partial charge < -0.3 is 9.64 Å². The molecule has 1 aliphatic rings. The third-order valence-corrected chi connectivity index (χ3v) is 4.24. The zero-order valence-corrected chi connectivity index (χ0v) is 14.1. The summed E-state index contributed by atoms with van der Waals surface area (Å²) in [6, 6.07) is 3.13. The van der Waals surface area contributed by atoms with Crippen molar-refractivity contribution < 1.29 is 13.9 Å². The summed E-state index contributed by atoms with van der Waals surface area (Å²) < 4.78 is 19.9. The standard InChI is InChI=1S/C16H21ClFN3O2/c1-3-11(2)15(20-19-10-22)12-8-13(17)16(14(18)9-12)21-4-6-23-7-5-21/h8-11H,3-7H2,1-2H3,(H,19,22)/b20-15+/t11-/m1/s1. The molecule has 1 N–H and O–H groups in total. The lowest BCUT2D eigenvalue weighted by Crippen LogP contribution is -2.37. The zero-order chi connectivity index (χ0) is 16.8. The number of hydrazone groups is 1. The number of ether oxygens (including phenoxy) is 1. The van der Waals surface area contributed by atoms with E-state index in [1.54, 1.807) is 6.07 Å². The van der Waals surface area contributed by atoms with Crippen molar-refractivity contribution >= 4 is 29.4 Å². The van der Waals surface area contributed by atoms with E-state index in [9.17, 15) is 9.18 Å². The SMILES string of the molecule is CC[C@@H](C)/C(=N\NC=O)c1cc(F)c(N2CCOCC2)c(Cl)c1. The van der Waals surface area contributed by atoms with Gasteiger partial charge in [0.15, 0.2) is 0 Å². The number of nitrogens with one attached hydrogen (secondary N) is 1. The minimum atomic E-state index is -0.392. The normalized spacial score (nSPS) is 17.0. The number of anilines is 1. The maximum atomic E-state index is 14.6. The Bertz CT molecular complexity index is 566. The summed E-state index contributed by atoms with van der Waals surface area (Å²) in [7, 11) is 0. The summed E-state index contributed by atoms with van der Waals surface area (Å²) in [5, 5.41) is 4.38. The van der Waals surface area contributed by atoms with E-state index < -0.39 is 5.82 Å². The summed E-state index contributed by atoms with van der Waals surface area (Å²) in [6.07, 6.45) is 1.30. The van der Waals surface area contributed by atoms with Gasteiger partial charge in [0, 0.05) is 24.6 Å². The van der Waals surface area contributed by atoms with Gasteiger partial charge in [0.2, 0.25) is 6.41 Å². The van der Waals surface area contributed by atoms with Gasteiger partial charge in [0.25, 0.3) is 0 Å². The van der Waals surface area contributed by atoms with E-state index in [1.165, 1.54) is 6.07 Å². The second-order valence-corrected chi connectivity index (χ2v) is 5.85. The van der Waals surface area contributed by atoms with Crippen LogP contribution >= 0.6 is 11.6 Å². The summed E-state index contributed by atoms with van der Waals surface area (Å²) >= 11 is 6.33. The fourth-order valence-corrected chi connectivity index (χ4v) is 2.88. The van der Waals surface area contributed by atoms with Gasteiger partial charge in [-0.15, -0.1) is 0 Å². The van der Waals surface area contributed by atoms with Crippen molar-refractivity contribution in [2.24, 2.45) is 11.0 Å². The van der Waals surface area contributed by atoms with E-state index in [2.05, 4.69) is 10.5 Å². The number of amides is 1. The fraction of sp³-hybridized carbons (Fsp3) is 0.500.